The summed E-state index contributed by atoms with van der Waals surface area (Å²) in [5.41, 5.74) is 8.64. The maximum atomic E-state index is 5.85. The van der Waals surface area contributed by atoms with Gasteiger partial charge in [0.15, 0.2) is 0 Å². The topological polar surface area (TPSA) is 29.3 Å². The largest absolute Gasteiger partial charge is 0.328 e. The second-order valence-corrected chi connectivity index (χ2v) is 5.13. The highest BCUT2D eigenvalue weighted by atomic mass is 15.1. The molecule has 1 aromatic carbocycles. The van der Waals surface area contributed by atoms with E-state index < -0.39 is 0 Å². The maximum Gasteiger partial charge on any atom is 0.0342 e. The van der Waals surface area contributed by atoms with Crippen LogP contribution in [0.4, 0.5) is 0 Å². The number of nitrogens with two attached hydrogens (primary N) is 1. The standard InChI is InChI=1S/C15H26N2/c1-5-13-7-9-14(10-8-13)15(17(3)4)11-6-12(2)16/h7-10,12,15H,5-6,11,16H2,1-4H3. The van der Waals surface area contributed by atoms with Gasteiger partial charge in [0.2, 0.25) is 0 Å². The first-order valence-electron chi connectivity index (χ1n) is 6.55. The second kappa shape index (κ2) is 6.77. The van der Waals surface area contributed by atoms with Crippen LogP contribution in [0.3, 0.4) is 0 Å². The van der Waals surface area contributed by atoms with Gasteiger partial charge in [-0.1, -0.05) is 31.2 Å². The molecule has 0 heterocycles. The Morgan fingerprint density at radius 1 is 1.12 bits per heavy atom. The van der Waals surface area contributed by atoms with Gasteiger partial charge in [-0.2, -0.15) is 0 Å². The fourth-order valence-corrected chi connectivity index (χ4v) is 2.12. The summed E-state index contributed by atoms with van der Waals surface area (Å²) in [6.45, 7) is 4.27. The molecule has 96 valence electrons. The van der Waals surface area contributed by atoms with Crippen LogP contribution in [0.15, 0.2) is 24.3 Å². The van der Waals surface area contributed by atoms with Crippen molar-refractivity contribution in [3.63, 3.8) is 0 Å². The number of benzene rings is 1. The number of hydrogen-bond acceptors (Lipinski definition) is 2. The maximum absolute atomic E-state index is 5.85. The molecule has 2 heteroatoms. The molecular formula is C15H26N2. The summed E-state index contributed by atoms with van der Waals surface area (Å²) < 4.78 is 0. The minimum absolute atomic E-state index is 0.285. The quantitative estimate of drug-likeness (QED) is 0.820. The summed E-state index contributed by atoms with van der Waals surface area (Å²) in [7, 11) is 4.28. The van der Waals surface area contributed by atoms with Gasteiger partial charge < -0.3 is 10.6 Å². The molecule has 0 fully saturated rings. The van der Waals surface area contributed by atoms with Gasteiger partial charge in [-0.05, 0) is 51.4 Å². The SMILES string of the molecule is CCc1ccc(C(CCC(C)N)N(C)C)cc1. The smallest absolute Gasteiger partial charge is 0.0342 e. The molecule has 0 radical (unpaired) electrons. The fourth-order valence-electron chi connectivity index (χ4n) is 2.12. The van der Waals surface area contributed by atoms with Crippen LogP contribution in [-0.2, 0) is 6.42 Å². The minimum atomic E-state index is 0.285. The van der Waals surface area contributed by atoms with Gasteiger partial charge in [0.1, 0.15) is 0 Å². The summed E-state index contributed by atoms with van der Waals surface area (Å²) >= 11 is 0. The van der Waals surface area contributed by atoms with Gasteiger partial charge in [-0.3, -0.25) is 0 Å². The Hall–Kier alpha value is -0.860. The van der Waals surface area contributed by atoms with E-state index in [2.05, 4.69) is 57.1 Å². The van der Waals surface area contributed by atoms with Crippen LogP contribution in [0.25, 0.3) is 0 Å². The number of nitrogens with zero attached hydrogens (tertiary/aromatic N) is 1. The highest BCUT2D eigenvalue weighted by Gasteiger charge is 2.14. The summed E-state index contributed by atoms with van der Waals surface area (Å²) in [5, 5.41) is 0. The molecule has 0 aromatic heterocycles. The van der Waals surface area contributed by atoms with Gasteiger partial charge in [0, 0.05) is 12.1 Å². The van der Waals surface area contributed by atoms with Crippen molar-refractivity contribution in [2.45, 2.75) is 45.2 Å². The Morgan fingerprint density at radius 2 is 1.71 bits per heavy atom. The lowest BCUT2D eigenvalue weighted by atomic mass is 9.97. The third-order valence-electron chi connectivity index (χ3n) is 3.29. The minimum Gasteiger partial charge on any atom is -0.328 e. The Kier molecular flexibility index (Phi) is 5.66. The van der Waals surface area contributed by atoms with E-state index in [0.29, 0.717) is 6.04 Å². The average Bonchev–Trinajstić information content (AvgIpc) is 2.29. The number of aryl methyl sites for hydroxylation is 1. The molecule has 0 aliphatic carbocycles. The van der Waals surface area contributed by atoms with Crippen molar-refractivity contribution >= 4 is 0 Å². The molecule has 0 aliphatic heterocycles. The molecule has 0 amide bonds. The predicted molar refractivity (Wildman–Crippen MR) is 75.1 cm³/mol. The van der Waals surface area contributed by atoms with Gasteiger partial charge in [-0.15, -0.1) is 0 Å². The van der Waals surface area contributed by atoms with Crippen molar-refractivity contribution in [3.05, 3.63) is 35.4 Å². The van der Waals surface area contributed by atoms with E-state index in [4.69, 9.17) is 5.73 Å². The van der Waals surface area contributed by atoms with Crippen LogP contribution in [0, 0.1) is 0 Å². The molecule has 0 spiro atoms. The highest BCUT2D eigenvalue weighted by molar-refractivity contribution is 5.25. The van der Waals surface area contributed by atoms with Gasteiger partial charge in [0.25, 0.3) is 0 Å². The van der Waals surface area contributed by atoms with Crippen molar-refractivity contribution in [2.24, 2.45) is 5.73 Å². The molecule has 17 heavy (non-hydrogen) atoms. The molecule has 1 rings (SSSR count). The van der Waals surface area contributed by atoms with Crippen LogP contribution in [0.5, 0.6) is 0 Å². The lowest BCUT2D eigenvalue weighted by molar-refractivity contribution is 0.275. The van der Waals surface area contributed by atoms with Crippen molar-refractivity contribution in [2.75, 3.05) is 14.1 Å². The average molecular weight is 234 g/mol. The first kappa shape index (κ1) is 14.2. The Morgan fingerprint density at radius 3 is 2.12 bits per heavy atom. The summed E-state index contributed by atoms with van der Waals surface area (Å²) in [4.78, 5) is 2.28. The molecule has 2 N–H and O–H groups in total. The zero-order chi connectivity index (χ0) is 12.8. The summed E-state index contributed by atoms with van der Waals surface area (Å²) in [6.07, 6.45) is 3.29. The van der Waals surface area contributed by atoms with E-state index in [9.17, 15) is 0 Å². The molecule has 0 bridgehead atoms. The first-order valence-corrected chi connectivity index (χ1v) is 6.55. The van der Waals surface area contributed by atoms with Gasteiger partial charge in [0.05, 0.1) is 0 Å². The highest BCUT2D eigenvalue weighted by Crippen LogP contribution is 2.24. The van der Waals surface area contributed by atoms with Gasteiger partial charge >= 0.3 is 0 Å². The normalized spacial score (nSPS) is 14.9. The van der Waals surface area contributed by atoms with Gasteiger partial charge in [-0.25, -0.2) is 0 Å². The van der Waals surface area contributed by atoms with E-state index >= 15 is 0 Å². The zero-order valence-electron chi connectivity index (χ0n) is 11.6. The molecule has 0 saturated carbocycles. The predicted octanol–water partition coefficient (Wildman–Crippen LogP) is 2.98. The van der Waals surface area contributed by atoms with Crippen LogP contribution >= 0.6 is 0 Å². The molecule has 2 nitrogen and oxygen atoms in total. The first-order chi connectivity index (χ1) is 8.04. The van der Waals surface area contributed by atoms with Crippen molar-refractivity contribution in [1.82, 2.24) is 4.90 Å². The van der Waals surface area contributed by atoms with E-state index in [-0.39, 0.29) is 6.04 Å². The van der Waals surface area contributed by atoms with Crippen LogP contribution in [0.1, 0.15) is 43.9 Å². The van der Waals surface area contributed by atoms with Crippen LogP contribution in [-0.4, -0.2) is 25.0 Å². The summed E-state index contributed by atoms with van der Waals surface area (Å²) in [5.74, 6) is 0. The van der Waals surface area contributed by atoms with Crippen molar-refractivity contribution < 1.29 is 0 Å². The Bertz CT molecular complexity index is 314. The third kappa shape index (κ3) is 4.49. The molecule has 0 aliphatic rings. The molecule has 0 saturated heterocycles. The van der Waals surface area contributed by atoms with E-state index in [0.717, 1.165) is 19.3 Å². The number of hydrogen-bond donors (Lipinski definition) is 1. The molecule has 2 unspecified atom stereocenters. The van der Waals surface area contributed by atoms with E-state index in [1.54, 1.807) is 0 Å². The molecular weight excluding hydrogens is 208 g/mol. The van der Waals surface area contributed by atoms with Crippen LogP contribution in [0.2, 0.25) is 0 Å². The van der Waals surface area contributed by atoms with Crippen LogP contribution < -0.4 is 5.73 Å². The fraction of sp³-hybridized carbons (Fsp3) is 0.600. The summed E-state index contributed by atoms with van der Waals surface area (Å²) in [6, 6.07) is 9.74. The second-order valence-electron chi connectivity index (χ2n) is 5.13. The zero-order valence-corrected chi connectivity index (χ0v) is 11.6. The Labute approximate surface area is 106 Å². The Balaban J connectivity index is 2.74. The van der Waals surface area contributed by atoms with E-state index in [1.807, 2.05) is 0 Å². The van der Waals surface area contributed by atoms with Crippen molar-refractivity contribution in [3.8, 4) is 0 Å². The number of rotatable bonds is 6. The van der Waals surface area contributed by atoms with Crippen molar-refractivity contribution in [1.29, 1.82) is 0 Å². The third-order valence-corrected chi connectivity index (χ3v) is 3.29. The monoisotopic (exact) mass is 234 g/mol. The molecule has 2 atom stereocenters. The lowest BCUT2D eigenvalue weighted by Crippen LogP contribution is -2.23. The lowest BCUT2D eigenvalue weighted by Gasteiger charge is -2.25. The van der Waals surface area contributed by atoms with E-state index in [1.165, 1.54) is 11.1 Å². The molecule has 1 aromatic rings.